The van der Waals surface area contributed by atoms with E-state index in [4.69, 9.17) is 9.47 Å². The van der Waals surface area contributed by atoms with E-state index in [0.29, 0.717) is 30.0 Å². The quantitative estimate of drug-likeness (QED) is 0.734. The average Bonchev–Trinajstić information content (AvgIpc) is 2.67. The molecular formula is C20H25NO4. The molecule has 2 rings (SSSR count). The van der Waals surface area contributed by atoms with Gasteiger partial charge in [-0.25, -0.2) is 0 Å². The minimum absolute atomic E-state index is 0.125. The highest BCUT2D eigenvalue weighted by atomic mass is 16.5. The van der Waals surface area contributed by atoms with Crippen LogP contribution in [0.5, 0.6) is 11.5 Å². The van der Waals surface area contributed by atoms with Crippen LogP contribution in [0.1, 0.15) is 34.7 Å². The van der Waals surface area contributed by atoms with Gasteiger partial charge in [0.25, 0.3) is 5.91 Å². The fraction of sp³-hybridized carbons (Fsp3) is 0.350. The molecule has 0 spiro atoms. The molecule has 5 heteroatoms. The summed E-state index contributed by atoms with van der Waals surface area (Å²) in [7, 11) is 3.09. The van der Waals surface area contributed by atoms with Crippen LogP contribution in [0.25, 0.3) is 0 Å². The summed E-state index contributed by atoms with van der Waals surface area (Å²) in [6.45, 7) is 0.646. The van der Waals surface area contributed by atoms with Gasteiger partial charge in [-0.05, 0) is 36.5 Å². The van der Waals surface area contributed by atoms with Crippen LogP contribution in [0.2, 0.25) is 0 Å². The predicted octanol–water partition coefficient (Wildman–Crippen LogP) is 2.99. The number of nitrogens with one attached hydrogen (secondary N) is 1. The average molecular weight is 343 g/mol. The third-order valence-electron chi connectivity index (χ3n) is 4.18. The largest absolute Gasteiger partial charge is 0.497 e. The Labute approximate surface area is 148 Å². The Morgan fingerprint density at radius 3 is 2.48 bits per heavy atom. The fourth-order valence-corrected chi connectivity index (χ4v) is 2.80. The summed E-state index contributed by atoms with van der Waals surface area (Å²) in [6, 6.07) is 15.2. The molecule has 0 heterocycles. The number of carbonyl (C=O) groups is 1. The van der Waals surface area contributed by atoms with E-state index < -0.39 is 0 Å². The second-order valence-corrected chi connectivity index (χ2v) is 5.73. The molecule has 2 aromatic rings. The molecule has 25 heavy (non-hydrogen) atoms. The summed E-state index contributed by atoms with van der Waals surface area (Å²) in [5, 5.41) is 12.2. The highest BCUT2D eigenvalue weighted by Crippen LogP contribution is 2.25. The summed E-state index contributed by atoms with van der Waals surface area (Å²) >= 11 is 0. The number of amides is 1. The molecule has 0 saturated heterocycles. The lowest BCUT2D eigenvalue weighted by Crippen LogP contribution is -2.26. The van der Waals surface area contributed by atoms with Crippen molar-refractivity contribution >= 4 is 5.91 Å². The highest BCUT2D eigenvalue weighted by molar-refractivity contribution is 5.97. The third kappa shape index (κ3) is 5.22. The normalized spacial score (nSPS) is 11.6. The van der Waals surface area contributed by atoms with Gasteiger partial charge < -0.3 is 19.9 Å². The van der Waals surface area contributed by atoms with Gasteiger partial charge in [0.2, 0.25) is 0 Å². The number of hydrogen-bond donors (Lipinski definition) is 2. The summed E-state index contributed by atoms with van der Waals surface area (Å²) in [5.74, 6) is 1.15. The lowest BCUT2D eigenvalue weighted by Gasteiger charge is -2.17. The number of aliphatic hydroxyl groups excluding tert-OH is 1. The molecule has 0 aliphatic carbocycles. The molecule has 134 valence electrons. The smallest absolute Gasteiger partial charge is 0.255 e. The molecule has 0 aliphatic rings. The first-order chi connectivity index (χ1) is 12.2. The van der Waals surface area contributed by atoms with Crippen molar-refractivity contribution in [3.63, 3.8) is 0 Å². The van der Waals surface area contributed by atoms with Gasteiger partial charge in [-0.1, -0.05) is 30.3 Å². The van der Waals surface area contributed by atoms with E-state index in [2.05, 4.69) is 17.4 Å². The maximum Gasteiger partial charge on any atom is 0.255 e. The van der Waals surface area contributed by atoms with Crippen molar-refractivity contribution in [2.45, 2.75) is 18.8 Å². The van der Waals surface area contributed by atoms with Gasteiger partial charge in [0.1, 0.15) is 11.5 Å². The zero-order chi connectivity index (χ0) is 18.1. The molecule has 0 bridgehead atoms. The number of methoxy groups -OCH3 is 2. The third-order valence-corrected chi connectivity index (χ3v) is 4.18. The number of ether oxygens (including phenoxy) is 2. The Kier molecular flexibility index (Phi) is 7.29. The molecule has 0 fully saturated rings. The lowest BCUT2D eigenvalue weighted by molar-refractivity contribution is 0.0949. The number of aliphatic hydroxyl groups is 1. The van der Waals surface area contributed by atoms with Crippen LogP contribution in [0, 0.1) is 0 Å². The second-order valence-electron chi connectivity index (χ2n) is 5.73. The van der Waals surface area contributed by atoms with Crippen molar-refractivity contribution in [3.05, 3.63) is 59.7 Å². The van der Waals surface area contributed by atoms with E-state index in [1.54, 1.807) is 25.3 Å². The van der Waals surface area contributed by atoms with Gasteiger partial charge in [-0.2, -0.15) is 0 Å². The zero-order valence-electron chi connectivity index (χ0n) is 14.7. The number of rotatable bonds is 9. The van der Waals surface area contributed by atoms with Crippen LogP contribution >= 0.6 is 0 Å². The van der Waals surface area contributed by atoms with Crippen molar-refractivity contribution in [1.29, 1.82) is 0 Å². The van der Waals surface area contributed by atoms with Gasteiger partial charge in [-0.15, -0.1) is 0 Å². The first-order valence-corrected chi connectivity index (χ1v) is 8.35. The van der Waals surface area contributed by atoms with Crippen LogP contribution in [-0.4, -0.2) is 38.4 Å². The maximum atomic E-state index is 12.4. The number of carbonyl (C=O) groups excluding carboxylic acids is 1. The molecule has 0 aromatic heterocycles. The van der Waals surface area contributed by atoms with Crippen LogP contribution in [0.3, 0.4) is 0 Å². The monoisotopic (exact) mass is 343 g/mol. The predicted molar refractivity (Wildman–Crippen MR) is 97.4 cm³/mol. The molecule has 5 nitrogen and oxygen atoms in total. The minimum Gasteiger partial charge on any atom is -0.497 e. The lowest BCUT2D eigenvalue weighted by atomic mass is 9.93. The van der Waals surface area contributed by atoms with Crippen molar-refractivity contribution in [2.24, 2.45) is 0 Å². The second kappa shape index (κ2) is 9.69. The Bertz CT molecular complexity index is 673. The Balaban J connectivity index is 1.97. The van der Waals surface area contributed by atoms with Gasteiger partial charge in [0, 0.05) is 19.2 Å². The molecule has 0 aliphatic heterocycles. The molecule has 2 N–H and O–H groups in total. The topological polar surface area (TPSA) is 67.8 Å². The Hall–Kier alpha value is -2.53. The molecule has 2 aromatic carbocycles. The zero-order valence-corrected chi connectivity index (χ0v) is 14.7. The number of benzene rings is 2. The Morgan fingerprint density at radius 2 is 1.84 bits per heavy atom. The van der Waals surface area contributed by atoms with Crippen molar-refractivity contribution in [2.75, 3.05) is 27.4 Å². The van der Waals surface area contributed by atoms with E-state index in [-0.39, 0.29) is 18.4 Å². The van der Waals surface area contributed by atoms with Crippen LogP contribution in [-0.2, 0) is 0 Å². The summed E-state index contributed by atoms with van der Waals surface area (Å²) in [5.41, 5.74) is 1.65. The van der Waals surface area contributed by atoms with Crippen molar-refractivity contribution in [3.8, 4) is 11.5 Å². The van der Waals surface area contributed by atoms with Crippen LogP contribution < -0.4 is 14.8 Å². The van der Waals surface area contributed by atoms with Crippen molar-refractivity contribution < 1.29 is 19.4 Å². The molecule has 1 atom stereocenters. The standard InChI is InChI=1S/C20H25NO4/c1-24-17-8-9-18(19(14-17)25-2)20(23)21-12-10-16(11-13-22)15-6-4-3-5-7-15/h3-9,14,16,22H,10-13H2,1-2H3,(H,21,23). The highest BCUT2D eigenvalue weighted by Gasteiger charge is 2.15. The molecular weight excluding hydrogens is 318 g/mol. The SMILES string of the molecule is COc1ccc(C(=O)NCCC(CCO)c2ccccc2)c(OC)c1. The molecule has 1 amide bonds. The first-order valence-electron chi connectivity index (χ1n) is 8.35. The van der Waals surface area contributed by atoms with E-state index in [0.717, 1.165) is 6.42 Å². The van der Waals surface area contributed by atoms with E-state index in [9.17, 15) is 9.90 Å². The molecule has 1 unspecified atom stereocenters. The first kappa shape index (κ1) is 18.8. The maximum absolute atomic E-state index is 12.4. The van der Waals surface area contributed by atoms with Gasteiger partial charge >= 0.3 is 0 Å². The Morgan fingerprint density at radius 1 is 1.08 bits per heavy atom. The molecule has 0 radical (unpaired) electrons. The van der Waals surface area contributed by atoms with Gasteiger partial charge in [0.05, 0.1) is 19.8 Å². The number of hydrogen-bond acceptors (Lipinski definition) is 4. The van der Waals surface area contributed by atoms with Gasteiger partial charge in [-0.3, -0.25) is 4.79 Å². The van der Waals surface area contributed by atoms with Crippen LogP contribution in [0.15, 0.2) is 48.5 Å². The van der Waals surface area contributed by atoms with Crippen molar-refractivity contribution in [1.82, 2.24) is 5.32 Å². The molecule has 0 saturated carbocycles. The van der Waals surface area contributed by atoms with E-state index in [1.807, 2.05) is 18.2 Å². The van der Waals surface area contributed by atoms with Gasteiger partial charge in [0.15, 0.2) is 0 Å². The van der Waals surface area contributed by atoms with Crippen LogP contribution in [0.4, 0.5) is 0 Å². The summed E-state index contributed by atoms with van der Waals surface area (Å²) in [4.78, 5) is 12.4. The minimum atomic E-state index is -0.185. The van der Waals surface area contributed by atoms with E-state index in [1.165, 1.54) is 12.7 Å². The summed E-state index contributed by atoms with van der Waals surface area (Å²) < 4.78 is 10.4. The summed E-state index contributed by atoms with van der Waals surface area (Å²) in [6.07, 6.45) is 1.43. The van der Waals surface area contributed by atoms with E-state index >= 15 is 0 Å². The fourth-order valence-electron chi connectivity index (χ4n) is 2.80.